The number of hydrogen-bond acceptors (Lipinski definition) is 8. The lowest BCUT2D eigenvalue weighted by Crippen LogP contribution is -2.40. The minimum Gasteiger partial charge on any atom is -0.379 e. The molecule has 2 aliphatic rings. The van der Waals surface area contributed by atoms with E-state index in [1.807, 2.05) is 36.9 Å². The zero-order valence-electron chi connectivity index (χ0n) is 25.9. The quantitative estimate of drug-likeness (QED) is 0.226. The minimum atomic E-state index is -3.83. The molecule has 0 unspecified atom stereocenters. The molecule has 2 aliphatic heterocycles. The Bertz CT molecular complexity index is 1600. The summed E-state index contributed by atoms with van der Waals surface area (Å²) in [5.41, 5.74) is 2.92. The summed E-state index contributed by atoms with van der Waals surface area (Å²) in [6, 6.07) is 19.5. The van der Waals surface area contributed by atoms with Crippen LogP contribution in [0.4, 0.5) is 22.7 Å². The number of non-ortho nitro benzene ring substituents is 1. The summed E-state index contributed by atoms with van der Waals surface area (Å²) in [5, 5.41) is 14.7. The number of hydrogen-bond donors (Lipinski definition) is 1. The molecule has 240 valence electrons. The monoisotopic (exact) mass is 635 g/mol. The van der Waals surface area contributed by atoms with Gasteiger partial charge in [0.25, 0.3) is 11.6 Å². The molecule has 45 heavy (non-hydrogen) atoms. The highest BCUT2D eigenvalue weighted by atomic mass is 32.2. The van der Waals surface area contributed by atoms with Crippen LogP contribution in [-0.4, -0.2) is 76.0 Å². The molecule has 3 aromatic carbocycles. The van der Waals surface area contributed by atoms with Crippen molar-refractivity contribution in [1.82, 2.24) is 4.31 Å². The zero-order valence-corrected chi connectivity index (χ0v) is 26.7. The van der Waals surface area contributed by atoms with Crippen LogP contribution in [0.2, 0.25) is 0 Å². The first-order valence-electron chi connectivity index (χ1n) is 15.6. The highest BCUT2D eigenvalue weighted by Gasteiger charge is 2.29. The Balaban J connectivity index is 1.44. The second-order valence-electron chi connectivity index (χ2n) is 11.4. The van der Waals surface area contributed by atoms with Crippen molar-refractivity contribution in [3.63, 3.8) is 0 Å². The number of nitrogens with one attached hydrogen (secondary N) is 1. The molecule has 0 atom stereocenters. The lowest BCUT2D eigenvalue weighted by molar-refractivity contribution is -0.384. The van der Waals surface area contributed by atoms with Crippen LogP contribution in [0.3, 0.4) is 0 Å². The molecular formula is C33H41N5O6S. The third kappa shape index (κ3) is 7.46. The van der Waals surface area contributed by atoms with Gasteiger partial charge in [0.2, 0.25) is 10.0 Å². The molecule has 1 N–H and O–H groups in total. The SMILES string of the molecule is CCN(CC)c1ccc(S(=O)(=O)N2CCOCC2)cc1NC(=O)c1cc([N+](=O)[O-])ccc1N1CCC(Cc2ccccc2)CC1. The molecule has 2 saturated heterocycles. The summed E-state index contributed by atoms with van der Waals surface area (Å²) in [6.07, 6.45) is 2.85. The van der Waals surface area contributed by atoms with Crippen LogP contribution in [0.25, 0.3) is 0 Å². The number of morpholine rings is 1. The van der Waals surface area contributed by atoms with E-state index in [2.05, 4.69) is 22.3 Å². The molecule has 0 bridgehead atoms. The van der Waals surface area contributed by atoms with E-state index < -0.39 is 20.9 Å². The lowest BCUT2D eigenvalue weighted by Gasteiger charge is -2.34. The fourth-order valence-electron chi connectivity index (χ4n) is 6.16. The van der Waals surface area contributed by atoms with Gasteiger partial charge in [0.15, 0.2) is 0 Å². The van der Waals surface area contributed by atoms with Crippen molar-refractivity contribution in [2.45, 2.75) is 38.0 Å². The summed E-state index contributed by atoms with van der Waals surface area (Å²) >= 11 is 0. The maximum atomic E-state index is 14.0. The Morgan fingerprint density at radius 3 is 2.31 bits per heavy atom. The van der Waals surface area contributed by atoms with Gasteiger partial charge in [0.1, 0.15) is 0 Å². The molecule has 0 aromatic heterocycles. The topological polar surface area (TPSA) is 125 Å². The van der Waals surface area contributed by atoms with Gasteiger partial charge in [-0.3, -0.25) is 14.9 Å². The maximum Gasteiger partial charge on any atom is 0.270 e. The van der Waals surface area contributed by atoms with Crippen LogP contribution in [0.1, 0.15) is 42.6 Å². The van der Waals surface area contributed by atoms with Crippen LogP contribution in [0.15, 0.2) is 71.6 Å². The van der Waals surface area contributed by atoms with Gasteiger partial charge < -0.3 is 19.9 Å². The van der Waals surface area contributed by atoms with Crippen LogP contribution in [-0.2, 0) is 21.2 Å². The predicted octanol–water partition coefficient (Wildman–Crippen LogP) is 5.17. The van der Waals surface area contributed by atoms with Crippen molar-refractivity contribution in [3.8, 4) is 0 Å². The highest BCUT2D eigenvalue weighted by Crippen LogP contribution is 2.34. The lowest BCUT2D eigenvalue weighted by atomic mass is 9.89. The van der Waals surface area contributed by atoms with E-state index in [-0.39, 0.29) is 29.2 Å². The van der Waals surface area contributed by atoms with Gasteiger partial charge in [-0.25, -0.2) is 8.42 Å². The Labute approximate surface area is 265 Å². The van der Waals surface area contributed by atoms with Gasteiger partial charge in [0, 0.05) is 51.4 Å². The summed E-state index contributed by atoms with van der Waals surface area (Å²) in [7, 11) is -3.83. The van der Waals surface area contributed by atoms with Crippen LogP contribution >= 0.6 is 0 Å². The smallest absolute Gasteiger partial charge is 0.270 e. The number of nitrogens with zero attached hydrogens (tertiary/aromatic N) is 4. The largest absolute Gasteiger partial charge is 0.379 e. The third-order valence-electron chi connectivity index (χ3n) is 8.69. The van der Waals surface area contributed by atoms with E-state index >= 15 is 0 Å². The van der Waals surface area contributed by atoms with Crippen molar-refractivity contribution in [3.05, 3.63) is 88.0 Å². The predicted molar refractivity (Wildman–Crippen MR) is 176 cm³/mol. The summed E-state index contributed by atoms with van der Waals surface area (Å²) < 4.78 is 33.7. The molecule has 0 radical (unpaired) electrons. The normalized spacial score (nSPS) is 16.4. The number of carbonyl (C=O) groups is 1. The standard InChI is InChI=1S/C33H41N5O6S/c1-3-35(4-2)32-13-11-28(45(42,43)37-18-20-44-21-19-37)24-30(32)34-33(39)29-23-27(38(40)41)10-12-31(29)36-16-14-26(15-17-36)22-25-8-6-5-7-9-25/h5-13,23-24,26H,3-4,14-22H2,1-2H3,(H,34,39). The second-order valence-corrected chi connectivity index (χ2v) is 13.3. The number of ether oxygens (including phenoxy) is 1. The van der Waals surface area contributed by atoms with Gasteiger partial charge in [-0.05, 0) is 68.9 Å². The Morgan fingerprint density at radius 2 is 1.67 bits per heavy atom. The van der Waals surface area contributed by atoms with E-state index in [4.69, 9.17) is 4.74 Å². The molecule has 0 spiro atoms. The zero-order chi connectivity index (χ0) is 32.0. The highest BCUT2D eigenvalue weighted by molar-refractivity contribution is 7.89. The van der Waals surface area contributed by atoms with E-state index in [9.17, 15) is 23.3 Å². The molecule has 0 aliphatic carbocycles. The Kier molecular flexibility index (Phi) is 10.4. The number of piperidine rings is 1. The van der Waals surface area contributed by atoms with Crippen molar-refractivity contribution in [2.75, 3.05) is 67.6 Å². The molecular weight excluding hydrogens is 594 g/mol. The maximum absolute atomic E-state index is 14.0. The van der Waals surface area contributed by atoms with Crippen molar-refractivity contribution in [1.29, 1.82) is 0 Å². The number of rotatable bonds is 11. The molecule has 0 saturated carbocycles. The number of amides is 1. The first-order valence-corrected chi connectivity index (χ1v) is 17.0. The van der Waals surface area contributed by atoms with Crippen LogP contribution in [0.5, 0.6) is 0 Å². The fraction of sp³-hybridized carbons (Fsp3) is 0.424. The summed E-state index contributed by atoms with van der Waals surface area (Å²) in [4.78, 5) is 29.4. The molecule has 3 aromatic rings. The molecule has 1 amide bonds. The Hall–Kier alpha value is -4.00. The third-order valence-corrected chi connectivity index (χ3v) is 10.6. The van der Waals surface area contributed by atoms with Crippen molar-refractivity contribution < 1.29 is 22.9 Å². The molecule has 11 nitrogen and oxygen atoms in total. The van der Waals surface area contributed by atoms with E-state index in [0.29, 0.717) is 62.4 Å². The van der Waals surface area contributed by atoms with E-state index in [0.717, 1.165) is 19.3 Å². The molecule has 12 heteroatoms. The Morgan fingerprint density at radius 1 is 0.978 bits per heavy atom. The van der Waals surface area contributed by atoms with Gasteiger partial charge in [-0.1, -0.05) is 30.3 Å². The average molecular weight is 636 g/mol. The molecule has 2 fully saturated rings. The van der Waals surface area contributed by atoms with Crippen LogP contribution < -0.4 is 15.1 Å². The number of anilines is 3. The first-order chi connectivity index (χ1) is 21.7. The number of nitro groups is 1. The number of sulfonamides is 1. The molecule has 5 rings (SSSR count). The van der Waals surface area contributed by atoms with E-state index in [1.54, 1.807) is 18.2 Å². The number of benzene rings is 3. The average Bonchev–Trinajstić information content (AvgIpc) is 3.06. The molecule has 2 heterocycles. The van der Waals surface area contributed by atoms with Gasteiger partial charge in [-0.2, -0.15) is 4.31 Å². The van der Waals surface area contributed by atoms with Crippen molar-refractivity contribution >= 4 is 38.7 Å². The number of nitro benzene ring substituents is 1. The van der Waals surface area contributed by atoms with Gasteiger partial charge in [-0.15, -0.1) is 0 Å². The van der Waals surface area contributed by atoms with Gasteiger partial charge in [0.05, 0.1) is 45.7 Å². The van der Waals surface area contributed by atoms with Gasteiger partial charge >= 0.3 is 0 Å². The summed E-state index contributed by atoms with van der Waals surface area (Å²) in [5.74, 6) is -0.0267. The van der Waals surface area contributed by atoms with Crippen LogP contribution in [0, 0.1) is 16.0 Å². The fourth-order valence-corrected chi connectivity index (χ4v) is 7.60. The number of carbonyl (C=O) groups excluding carboxylic acids is 1. The summed E-state index contributed by atoms with van der Waals surface area (Å²) in [6.45, 7) is 7.80. The van der Waals surface area contributed by atoms with Crippen molar-refractivity contribution in [2.24, 2.45) is 5.92 Å². The second kappa shape index (κ2) is 14.4. The first kappa shape index (κ1) is 32.4. The minimum absolute atomic E-state index is 0.0651. The van der Waals surface area contributed by atoms with E-state index in [1.165, 1.54) is 28.1 Å².